The SMILES string of the molecule is CN[C@@H](CC(C)C)C(=O)N[C@@H](CC(C)C)C(=O)N[C@@H](CC(C)C)C(C)=O. The molecule has 0 fully saturated rings. The zero-order valence-corrected chi connectivity index (χ0v) is 17.8. The van der Waals surface area contributed by atoms with Crippen LogP contribution in [0.25, 0.3) is 0 Å². The van der Waals surface area contributed by atoms with Gasteiger partial charge in [-0.15, -0.1) is 0 Å². The van der Waals surface area contributed by atoms with Gasteiger partial charge in [0.05, 0.1) is 12.1 Å². The molecular weight excluding hydrogens is 330 g/mol. The van der Waals surface area contributed by atoms with Crippen LogP contribution in [0.5, 0.6) is 0 Å². The van der Waals surface area contributed by atoms with Crippen LogP contribution >= 0.6 is 0 Å². The number of rotatable bonds is 12. The Bertz CT molecular complexity index is 461. The molecular formula is C20H39N3O3. The van der Waals surface area contributed by atoms with Crippen LogP contribution in [0, 0.1) is 17.8 Å². The first-order valence-electron chi connectivity index (χ1n) is 9.76. The quantitative estimate of drug-likeness (QED) is 0.492. The molecule has 0 spiro atoms. The summed E-state index contributed by atoms with van der Waals surface area (Å²) < 4.78 is 0. The van der Waals surface area contributed by atoms with E-state index < -0.39 is 12.1 Å². The Morgan fingerprint density at radius 3 is 1.38 bits per heavy atom. The normalized spacial score (nSPS) is 15.0. The summed E-state index contributed by atoms with van der Waals surface area (Å²) in [6, 6.07) is -1.49. The molecule has 0 rings (SSSR count). The second kappa shape index (κ2) is 12.0. The van der Waals surface area contributed by atoms with Crippen molar-refractivity contribution in [3.63, 3.8) is 0 Å². The zero-order valence-electron chi connectivity index (χ0n) is 17.8. The minimum atomic E-state index is -0.639. The predicted octanol–water partition coefficient (Wildman–Crippen LogP) is 2.27. The molecule has 2 amide bonds. The Hall–Kier alpha value is -1.43. The fraction of sp³-hybridized carbons (Fsp3) is 0.850. The number of ketones is 1. The van der Waals surface area contributed by atoms with E-state index in [9.17, 15) is 14.4 Å². The van der Waals surface area contributed by atoms with Gasteiger partial charge in [-0.1, -0.05) is 41.5 Å². The van der Waals surface area contributed by atoms with Crippen molar-refractivity contribution in [3.05, 3.63) is 0 Å². The number of likely N-dealkylation sites (N-methyl/N-ethyl adjacent to an activating group) is 1. The van der Waals surface area contributed by atoms with Gasteiger partial charge in [-0.05, 0) is 51.0 Å². The molecule has 26 heavy (non-hydrogen) atoms. The Labute approximate surface area is 159 Å². The van der Waals surface area contributed by atoms with E-state index >= 15 is 0 Å². The molecule has 0 heterocycles. The van der Waals surface area contributed by atoms with E-state index in [4.69, 9.17) is 0 Å². The summed E-state index contributed by atoms with van der Waals surface area (Å²) in [6.07, 6.45) is 1.82. The van der Waals surface area contributed by atoms with Crippen LogP contribution in [0.4, 0.5) is 0 Å². The maximum absolute atomic E-state index is 12.7. The molecule has 0 saturated heterocycles. The van der Waals surface area contributed by atoms with Crippen molar-refractivity contribution in [1.29, 1.82) is 0 Å². The van der Waals surface area contributed by atoms with E-state index in [2.05, 4.69) is 29.8 Å². The van der Waals surface area contributed by atoms with Gasteiger partial charge in [-0.25, -0.2) is 0 Å². The highest BCUT2D eigenvalue weighted by atomic mass is 16.2. The highest BCUT2D eigenvalue weighted by Crippen LogP contribution is 2.10. The second-order valence-electron chi connectivity index (χ2n) is 8.46. The van der Waals surface area contributed by atoms with E-state index in [0.29, 0.717) is 31.1 Å². The molecule has 0 saturated carbocycles. The van der Waals surface area contributed by atoms with Gasteiger partial charge in [0.15, 0.2) is 5.78 Å². The van der Waals surface area contributed by atoms with Crippen molar-refractivity contribution >= 4 is 17.6 Å². The number of hydrogen-bond acceptors (Lipinski definition) is 4. The van der Waals surface area contributed by atoms with Gasteiger partial charge in [0.2, 0.25) is 11.8 Å². The average Bonchev–Trinajstić information content (AvgIpc) is 2.49. The lowest BCUT2D eigenvalue weighted by Crippen LogP contribution is -2.55. The van der Waals surface area contributed by atoms with Crippen LogP contribution < -0.4 is 16.0 Å². The van der Waals surface area contributed by atoms with Crippen LogP contribution in [0.2, 0.25) is 0 Å². The second-order valence-corrected chi connectivity index (χ2v) is 8.46. The molecule has 152 valence electrons. The summed E-state index contributed by atoms with van der Waals surface area (Å²) in [4.78, 5) is 37.2. The van der Waals surface area contributed by atoms with Crippen LogP contribution in [0.1, 0.15) is 67.7 Å². The van der Waals surface area contributed by atoms with E-state index in [1.165, 1.54) is 6.92 Å². The van der Waals surface area contributed by atoms with Crippen LogP contribution in [-0.4, -0.2) is 42.8 Å². The number of nitrogens with one attached hydrogen (secondary N) is 3. The average molecular weight is 370 g/mol. The van der Waals surface area contributed by atoms with Crippen molar-refractivity contribution in [2.45, 2.75) is 85.9 Å². The van der Waals surface area contributed by atoms with Gasteiger partial charge < -0.3 is 16.0 Å². The molecule has 0 aromatic heterocycles. The number of Topliss-reactive ketones (excluding diaryl/α,β-unsaturated/α-hetero) is 1. The van der Waals surface area contributed by atoms with E-state index in [-0.39, 0.29) is 29.6 Å². The summed E-state index contributed by atoms with van der Waals surface area (Å²) in [5.74, 6) is 0.378. The van der Waals surface area contributed by atoms with Crippen LogP contribution in [-0.2, 0) is 14.4 Å². The molecule has 0 aromatic rings. The van der Waals surface area contributed by atoms with Gasteiger partial charge in [0, 0.05) is 0 Å². The lowest BCUT2D eigenvalue weighted by Gasteiger charge is -2.26. The lowest BCUT2D eigenvalue weighted by atomic mass is 9.98. The Balaban J connectivity index is 5.13. The molecule has 0 unspecified atom stereocenters. The Morgan fingerprint density at radius 2 is 1.00 bits per heavy atom. The fourth-order valence-electron chi connectivity index (χ4n) is 2.87. The number of carbonyl (C=O) groups is 3. The van der Waals surface area contributed by atoms with Gasteiger partial charge in [-0.2, -0.15) is 0 Å². The molecule has 6 heteroatoms. The maximum Gasteiger partial charge on any atom is 0.243 e. The van der Waals surface area contributed by atoms with Gasteiger partial charge in [0.25, 0.3) is 0 Å². The van der Waals surface area contributed by atoms with Crippen molar-refractivity contribution in [2.75, 3.05) is 7.05 Å². The summed E-state index contributed by atoms with van der Waals surface area (Å²) >= 11 is 0. The lowest BCUT2D eigenvalue weighted by molar-refractivity contribution is -0.132. The molecule has 0 bridgehead atoms. The predicted molar refractivity (Wildman–Crippen MR) is 106 cm³/mol. The van der Waals surface area contributed by atoms with E-state index in [1.807, 2.05) is 27.7 Å². The zero-order chi connectivity index (χ0) is 20.4. The molecule has 3 N–H and O–H groups in total. The molecule has 3 atom stereocenters. The molecule has 6 nitrogen and oxygen atoms in total. The molecule has 0 aromatic carbocycles. The van der Waals surface area contributed by atoms with Crippen molar-refractivity contribution in [2.24, 2.45) is 17.8 Å². The van der Waals surface area contributed by atoms with Crippen LogP contribution in [0.15, 0.2) is 0 Å². The smallest absolute Gasteiger partial charge is 0.243 e. The summed E-state index contributed by atoms with van der Waals surface area (Å²) in [5.41, 5.74) is 0. The first-order chi connectivity index (χ1) is 12.0. The van der Waals surface area contributed by atoms with Crippen LogP contribution in [0.3, 0.4) is 0 Å². The minimum Gasteiger partial charge on any atom is -0.345 e. The number of amides is 2. The van der Waals surface area contributed by atoms with Crippen molar-refractivity contribution in [1.82, 2.24) is 16.0 Å². The largest absolute Gasteiger partial charge is 0.345 e. The minimum absolute atomic E-state index is 0.0606. The van der Waals surface area contributed by atoms with Gasteiger partial charge in [0.1, 0.15) is 6.04 Å². The topological polar surface area (TPSA) is 87.3 Å². The number of carbonyl (C=O) groups excluding carboxylic acids is 3. The first-order valence-corrected chi connectivity index (χ1v) is 9.76. The Kier molecular flexibility index (Phi) is 11.4. The maximum atomic E-state index is 12.7. The van der Waals surface area contributed by atoms with E-state index in [0.717, 1.165) is 0 Å². The third-order valence-electron chi connectivity index (χ3n) is 4.23. The summed E-state index contributed by atoms with van der Waals surface area (Å²) in [7, 11) is 1.75. The fourth-order valence-corrected chi connectivity index (χ4v) is 2.87. The molecule has 0 aliphatic heterocycles. The number of hydrogen-bond donors (Lipinski definition) is 3. The highest BCUT2D eigenvalue weighted by Gasteiger charge is 2.28. The summed E-state index contributed by atoms with van der Waals surface area (Å²) in [5, 5.41) is 8.73. The van der Waals surface area contributed by atoms with Gasteiger partial charge >= 0.3 is 0 Å². The Morgan fingerprint density at radius 1 is 0.654 bits per heavy atom. The molecule has 0 radical (unpaired) electrons. The highest BCUT2D eigenvalue weighted by molar-refractivity contribution is 5.93. The van der Waals surface area contributed by atoms with E-state index in [1.54, 1.807) is 7.05 Å². The monoisotopic (exact) mass is 369 g/mol. The third kappa shape index (κ3) is 9.90. The summed E-state index contributed by atoms with van der Waals surface area (Å²) in [6.45, 7) is 13.6. The first kappa shape index (κ1) is 24.6. The molecule has 0 aliphatic carbocycles. The van der Waals surface area contributed by atoms with Gasteiger partial charge in [-0.3, -0.25) is 14.4 Å². The third-order valence-corrected chi connectivity index (χ3v) is 4.23. The standard InChI is InChI=1S/C20H39N3O3/c1-12(2)9-16(15(7)24)22-20(26)18(11-14(5)6)23-19(25)17(21-8)10-13(3)4/h12-14,16-18,21H,9-11H2,1-8H3,(H,22,26)(H,23,25)/t16-,17-,18-/m0/s1. The van der Waals surface area contributed by atoms with Crippen molar-refractivity contribution < 1.29 is 14.4 Å². The molecule has 0 aliphatic rings. The van der Waals surface area contributed by atoms with Crippen molar-refractivity contribution in [3.8, 4) is 0 Å².